The number of alkyl carbamates (subject to hydrolysis) is 1. The third kappa shape index (κ3) is 6.61. The molecule has 2 aliphatic rings. The summed E-state index contributed by atoms with van der Waals surface area (Å²) in [7, 11) is 0.257. The van der Waals surface area contributed by atoms with Crippen LogP contribution in [0.3, 0.4) is 0 Å². The lowest BCUT2D eigenvalue weighted by Crippen LogP contribution is -2.59. The normalized spacial score (nSPS) is 21.4. The largest absolute Gasteiger partial charge is 0.444 e. The van der Waals surface area contributed by atoms with Crippen LogP contribution in [-0.4, -0.2) is 85.3 Å². The van der Waals surface area contributed by atoms with Crippen LogP contribution in [0.1, 0.15) is 45.7 Å². The summed E-state index contributed by atoms with van der Waals surface area (Å²) >= 11 is 6.41. The highest BCUT2D eigenvalue weighted by Gasteiger charge is 2.50. The molecular weight excluding hydrogens is 662 g/mol. The molecule has 1 aromatic carbocycles. The van der Waals surface area contributed by atoms with Gasteiger partial charge in [0.25, 0.3) is 0 Å². The molecule has 16 heteroatoms. The standard InChI is InChI=1S/C32H43ClF2N8O4Si/c1-32(2,3)47-31(45)37-20-14-17-8-11-22(25(20)35)43(17)29-21(15-44)36-27-26(18-9-10-19-23(24(18)34)28(33)41(4)39-19)40-42(30(27)38-29)16-46-12-13-48(5,6)7/h9-10,17,20,22,25,44H,8,11-16H2,1-7H3,(H,37,45)/t17-,20+,22+,25+/m1/s1. The van der Waals surface area contributed by atoms with Crippen molar-refractivity contribution in [2.24, 2.45) is 7.05 Å². The number of aliphatic hydroxyl groups excluding tert-OH is 1. The van der Waals surface area contributed by atoms with E-state index in [9.17, 15) is 9.90 Å². The quantitative estimate of drug-likeness (QED) is 0.160. The number of aromatic nitrogens is 6. The van der Waals surface area contributed by atoms with Gasteiger partial charge in [-0.25, -0.2) is 28.2 Å². The van der Waals surface area contributed by atoms with E-state index in [1.54, 1.807) is 40.0 Å². The Morgan fingerprint density at radius 2 is 1.94 bits per heavy atom. The molecule has 2 bridgehead atoms. The van der Waals surface area contributed by atoms with Crippen LogP contribution >= 0.6 is 11.6 Å². The maximum Gasteiger partial charge on any atom is 0.407 e. The fraction of sp³-hybridized carbons (Fsp3) is 0.594. The highest BCUT2D eigenvalue weighted by atomic mass is 35.5. The molecule has 0 saturated carbocycles. The van der Waals surface area contributed by atoms with Gasteiger partial charge in [-0.3, -0.25) is 4.68 Å². The van der Waals surface area contributed by atoms with Crippen molar-refractivity contribution in [1.82, 2.24) is 34.8 Å². The van der Waals surface area contributed by atoms with Crippen molar-refractivity contribution in [3.05, 3.63) is 28.8 Å². The highest BCUT2D eigenvalue weighted by molar-refractivity contribution is 6.76. The van der Waals surface area contributed by atoms with Gasteiger partial charge >= 0.3 is 6.09 Å². The van der Waals surface area contributed by atoms with Gasteiger partial charge in [0.1, 0.15) is 46.4 Å². The van der Waals surface area contributed by atoms with Crippen LogP contribution in [0.15, 0.2) is 12.1 Å². The first-order chi connectivity index (χ1) is 22.6. The number of halogens is 3. The molecule has 0 aliphatic carbocycles. The second-order valence-electron chi connectivity index (χ2n) is 14.9. The smallest absolute Gasteiger partial charge is 0.407 e. The lowest BCUT2D eigenvalue weighted by atomic mass is 9.95. The van der Waals surface area contributed by atoms with E-state index in [0.29, 0.717) is 42.9 Å². The zero-order valence-electron chi connectivity index (χ0n) is 28.4. The van der Waals surface area contributed by atoms with E-state index in [-0.39, 0.29) is 45.8 Å². The van der Waals surface area contributed by atoms with Crippen molar-refractivity contribution in [1.29, 1.82) is 0 Å². The first-order valence-corrected chi connectivity index (χ1v) is 20.3. The summed E-state index contributed by atoms with van der Waals surface area (Å²) in [5.41, 5.74) is 0.825. The van der Waals surface area contributed by atoms with E-state index in [1.165, 1.54) is 9.36 Å². The summed E-state index contributed by atoms with van der Waals surface area (Å²) in [6, 6.07) is 2.65. The molecule has 4 atom stereocenters. The Morgan fingerprint density at radius 1 is 1.19 bits per heavy atom. The van der Waals surface area contributed by atoms with E-state index >= 15 is 8.78 Å². The molecule has 0 unspecified atom stereocenters. The summed E-state index contributed by atoms with van der Waals surface area (Å²) in [5.74, 6) is -0.275. The highest BCUT2D eigenvalue weighted by Crippen LogP contribution is 2.42. The Labute approximate surface area is 283 Å². The fourth-order valence-electron chi connectivity index (χ4n) is 6.59. The Kier molecular flexibility index (Phi) is 9.19. The molecule has 1 amide bonds. The van der Waals surface area contributed by atoms with Crippen LogP contribution in [-0.2, 0) is 29.9 Å². The van der Waals surface area contributed by atoms with Crippen molar-refractivity contribution in [3.8, 4) is 11.3 Å². The summed E-state index contributed by atoms with van der Waals surface area (Å²) in [4.78, 5) is 24.1. The molecule has 2 fully saturated rings. The number of aliphatic hydroxyl groups is 1. The van der Waals surface area contributed by atoms with Gasteiger partial charge in [0.15, 0.2) is 11.5 Å². The molecule has 2 saturated heterocycles. The number of hydrogen-bond donors (Lipinski definition) is 2. The van der Waals surface area contributed by atoms with Crippen LogP contribution in [0.2, 0.25) is 30.8 Å². The average Bonchev–Trinajstić information content (AvgIpc) is 3.62. The first kappa shape index (κ1) is 34.5. The minimum atomic E-state index is -1.42. The number of piperidine rings is 1. The van der Waals surface area contributed by atoms with Gasteiger partial charge in [-0.2, -0.15) is 10.2 Å². The van der Waals surface area contributed by atoms with Crippen molar-refractivity contribution >= 4 is 53.7 Å². The average molecular weight is 705 g/mol. The number of hydrogen-bond acceptors (Lipinski definition) is 9. The Morgan fingerprint density at radius 3 is 2.62 bits per heavy atom. The number of carbonyl (C=O) groups is 1. The van der Waals surface area contributed by atoms with Crippen molar-refractivity contribution in [2.75, 3.05) is 11.5 Å². The Balaban J connectivity index is 1.40. The molecule has 4 aromatic rings. The van der Waals surface area contributed by atoms with Crippen LogP contribution < -0.4 is 10.2 Å². The number of ether oxygens (including phenoxy) is 2. The van der Waals surface area contributed by atoms with E-state index < -0.39 is 50.4 Å². The number of fused-ring (bicyclic) bond motifs is 4. The summed E-state index contributed by atoms with van der Waals surface area (Å²) in [5, 5.41) is 22.6. The van der Waals surface area contributed by atoms with Gasteiger partial charge in [0.05, 0.1) is 29.6 Å². The van der Waals surface area contributed by atoms with E-state index in [4.69, 9.17) is 36.1 Å². The third-order valence-corrected chi connectivity index (χ3v) is 11.0. The molecule has 0 spiro atoms. The van der Waals surface area contributed by atoms with Crippen LogP contribution in [0.4, 0.5) is 19.4 Å². The summed E-state index contributed by atoms with van der Waals surface area (Å²) < 4.78 is 46.6. The first-order valence-electron chi connectivity index (χ1n) is 16.3. The van der Waals surface area contributed by atoms with Crippen LogP contribution in [0, 0.1) is 5.82 Å². The monoisotopic (exact) mass is 704 g/mol. The number of nitrogens with one attached hydrogen (secondary N) is 1. The lowest BCUT2D eigenvalue weighted by molar-refractivity contribution is 0.0447. The van der Waals surface area contributed by atoms with Gasteiger partial charge < -0.3 is 24.8 Å². The number of aryl methyl sites for hydroxylation is 1. The third-order valence-electron chi connectivity index (χ3n) is 8.87. The van der Waals surface area contributed by atoms with Gasteiger partial charge in [-0.05, 0) is 58.2 Å². The maximum absolute atomic E-state index is 16.1. The molecule has 2 aliphatic heterocycles. The number of amides is 1. The number of rotatable bonds is 9. The predicted molar refractivity (Wildman–Crippen MR) is 182 cm³/mol. The molecule has 2 N–H and O–H groups in total. The zero-order chi connectivity index (χ0) is 34.7. The minimum absolute atomic E-state index is 0.0333. The molecule has 48 heavy (non-hydrogen) atoms. The minimum Gasteiger partial charge on any atom is -0.444 e. The van der Waals surface area contributed by atoms with Crippen molar-refractivity contribution in [2.45, 2.75) is 109 Å². The lowest BCUT2D eigenvalue weighted by Gasteiger charge is -2.42. The summed E-state index contributed by atoms with van der Waals surface area (Å²) in [6.45, 7) is 12.1. The second kappa shape index (κ2) is 12.8. The number of carbonyl (C=O) groups excluding carboxylic acids is 1. The number of benzene rings is 1. The molecule has 5 heterocycles. The van der Waals surface area contributed by atoms with Crippen molar-refractivity contribution in [3.63, 3.8) is 0 Å². The predicted octanol–water partition coefficient (Wildman–Crippen LogP) is 5.95. The van der Waals surface area contributed by atoms with Crippen LogP contribution in [0.25, 0.3) is 33.3 Å². The molecule has 12 nitrogen and oxygen atoms in total. The number of alkyl halides is 1. The van der Waals surface area contributed by atoms with Gasteiger partial charge in [-0.1, -0.05) is 31.2 Å². The van der Waals surface area contributed by atoms with Gasteiger partial charge in [0.2, 0.25) is 0 Å². The molecular formula is C32H43ClF2N8O4Si. The molecule has 260 valence electrons. The molecule has 3 aromatic heterocycles. The van der Waals surface area contributed by atoms with Gasteiger partial charge in [-0.15, -0.1) is 0 Å². The molecule has 0 radical (unpaired) electrons. The van der Waals surface area contributed by atoms with E-state index in [1.807, 2.05) is 4.90 Å². The maximum atomic E-state index is 16.1. The molecule has 6 rings (SSSR count). The Bertz CT molecular complexity index is 1860. The van der Waals surface area contributed by atoms with Gasteiger partial charge in [0, 0.05) is 33.3 Å². The summed E-state index contributed by atoms with van der Waals surface area (Å²) in [6.07, 6.45) is -0.559. The van der Waals surface area contributed by atoms with E-state index in [2.05, 4.69) is 30.1 Å². The number of anilines is 1. The number of nitrogens with zero attached hydrogens (tertiary/aromatic N) is 7. The van der Waals surface area contributed by atoms with E-state index in [0.717, 1.165) is 6.04 Å². The topological polar surface area (TPSA) is 132 Å². The second-order valence-corrected chi connectivity index (χ2v) is 20.9. The van der Waals surface area contributed by atoms with Crippen molar-refractivity contribution < 1.29 is 28.2 Å². The Hall–Kier alpha value is -3.40. The zero-order valence-corrected chi connectivity index (χ0v) is 30.1. The SMILES string of the molecule is Cn1nc2ccc(-c3nn(COCC[Si](C)(C)C)c4nc(N5[C@@H]6CC[C@H]5[C@@H](F)[C@@H](NC(=O)OC(C)(C)C)C6)c(CO)nc34)c(F)c2c1Cl. The fourth-order valence-corrected chi connectivity index (χ4v) is 7.57. The van der Waals surface area contributed by atoms with Crippen LogP contribution in [0.5, 0.6) is 0 Å².